The number of aryl methyl sites for hydroxylation is 1. The van der Waals surface area contributed by atoms with E-state index in [0.29, 0.717) is 6.04 Å². The van der Waals surface area contributed by atoms with E-state index in [1.165, 1.54) is 11.3 Å². The maximum absolute atomic E-state index is 13.3. The summed E-state index contributed by atoms with van der Waals surface area (Å²) in [5.74, 6) is 0.139. The Bertz CT molecular complexity index is 946. The summed E-state index contributed by atoms with van der Waals surface area (Å²) < 4.78 is 0. The first kappa shape index (κ1) is 16.2. The van der Waals surface area contributed by atoms with Gasteiger partial charge in [0.15, 0.2) is 0 Å². The van der Waals surface area contributed by atoms with Crippen LogP contribution < -0.4 is 0 Å². The van der Waals surface area contributed by atoms with E-state index >= 15 is 0 Å². The normalized spacial score (nSPS) is 18.7. The molecule has 2 heterocycles. The lowest BCUT2D eigenvalue weighted by Crippen LogP contribution is -2.44. The minimum Gasteiger partial charge on any atom is -0.332 e. The van der Waals surface area contributed by atoms with Gasteiger partial charge < -0.3 is 4.90 Å². The Morgan fingerprint density at radius 1 is 1.04 bits per heavy atom. The number of aromatic nitrogens is 4. The predicted octanol–water partition coefficient (Wildman–Crippen LogP) is 3.03. The highest BCUT2D eigenvalue weighted by atomic mass is 16.2. The molecule has 27 heavy (non-hydrogen) atoms. The van der Waals surface area contributed by atoms with Gasteiger partial charge in [-0.05, 0) is 49.8 Å². The predicted molar refractivity (Wildman–Crippen MR) is 101 cm³/mol. The highest BCUT2D eigenvalue weighted by Crippen LogP contribution is 2.34. The van der Waals surface area contributed by atoms with Crippen LogP contribution in [0.25, 0.3) is 11.3 Å². The number of H-pyrrole nitrogens is 1. The molecular weight excluding hydrogens is 338 g/mol. The Kier molecular flexibility index (Phi) is 3.96. The quantitative estimate of drug-likeness (QED) is 0.777. The van der Waals surface area contributed by atoms with Crippen molar-refractivity contribution in [3.63, 3.8) is 0 Å². The van der Waals surface area contributed by atoms with E-state index < -0.39 is 0 Å². The molecule has 1 unspecified atom stereocenters. The molecule has 1 aromatic carbocycles. The Labute approximate surface area is 157 Å². The van der Waals surface area contributed by atoms with Crippen LogP contribution >= 0.6 is 0 Å². The summed E-state index contributed by atoms with van der Waals surface area (Å²) in [7, 11) is 0. The van der Waals surface area contributed by atoms with Crippen LogP contribution in [0.4, 0.5) is 0 Å². The van der Waals surface area contributed by atoms with E-state index in [4.69, 9.17) is 0 Å². The van der Waals surface area contributed by atoms with Crippen molar-refractivity contribution < 1.29 is 4.79 Å². The fraction of sp³-hybridized carbons (Fsp3) is 0.333. The molecule has 5 rings (SSSR count). The molecule has 1 fully saturated rings. The van der Waals surface area contributed by atoms with Crippen molar-refractivity contribution in [1.82, 2.24) is 25.1 Å². The van der Waals surface area contributed by atoms with Crippen molar-refractivity contribution in [3.8, 4) is 11.3 Å². The largest absolute Gasteiger partial charge is 0.332 e. The number of fused-ring (bicyclic) bond motifs is 1. The number of carbonyl (C=O) groups excluding carboxylic acids is 1. The van der Waals surface area contributed by atoms with Crippen LogP contribution in [0.1, 0.15) is 40.9 Å². The first-order valence-electron chi connectivity index (χ1n) is 9.50. The lowest BCUT2D eigenvalue weighted by atomic mass is 9.91. The molecule has 0 saturated heterocycles. The standard InChI is InChI=1S/C21H21N5O/c27-21(15-3-1-14(2-4-15)20-13-22-9-10-23-20)26(17-5-6-17)18-7-8-19-16(11-18)12-24-25-19/h1-4,9-10,12-13,17-18H,5-8,11H2,(H,24,25). The fourth-order valence-electron chi connectivity index (χ4n) is 4.00. The van der Waals surface area contributed by atoms with E-state index in [1.807, 2.05) is 30.5 Å². The van der Waals surface area contributed by atoms with Crippen molar-refractivity contribution in [3.05, 3.63) is 65.9 Å². The molecular formula is C21H21N5O. The molecule has 0 bridgehead atoms. The minimum atomic E-state index is 0.139. The van der Waals surface area contributed by atoms with Crippen LogP contribution in [-0.4, -0.2) is 43.1 Å². The molecule has 6 nitrogen and oxygen atoms in total. The van der Waals surface area contributed by atoms with E-state index in [2.05, 4.69) is 25.1 Å². The summed E-state index contributed by atoms with van der Waals surface area (Å²) in [5.41, 5.74) is 5.01. The van der Waals surface area contributed by atoms with Gasteiger partial charge >= 0.3 is 0 Å². The van der Waals surface area contributed by atoms with E-state index in [0.717, 1.165) is 48.9 Å². The molecule has 3 aromatic rings. The summed E-state index contributed by atoms with van der Waals surface area (Å²) in [6.45, 7) is 0. The molecule has 2 aliphatic carbocycles. The second-order valence-electron chi connectivity index (χ2n) is 7.38. The SMILES string of the molecule is O=C(c1ccc(-c2cnccn2)cc1)N(C1CC1)C1CCc2[nH]ncc2C1. The van der Waals surface area contributed by atoms with Crippen LogP contribution in [0.2, 0.25) is 0 Å². The number of rotatable bonds is 4. The molecule has 2 aliphatic rings. The summed E-state index contributed by atoms with van der Waals surface area (Å²) in [4.78, 5) is 23.9. The van der Waals surface area contributed by atoms with Gasteiger partial charge in [-0.2, -0.15) is 5.10 Å². The van der Waals surface area contributed by atoms with Gasteiger partial charge in [0, 0.05) is 41.3 Å². The Morgan fingerprint density at radius 3 is 2.63 bits per heavy atom. The second-order valence-corrected chi connectivity index (χ2v) is 7.38. The Morgan fingerprint density at radius 2 is 1.89 bits per heavy atom. The van der Waals surface area contributed by atoms with Crippen LogP contribution in [0.5, 0.6) is 0 Å². The molecule has 1 saturated carbocycles. The first-order chi connectivity index (χ1) is 13.3. The van der Waals surface area contributed by atoms with Gasteiger partial charge in [0.2, 0.25) is 0 Å². The minimum absolute atomic E-state index is 0.139. The summed E-state index contributed by atoms with van der Waals surface area (Å²) in [6.07, 6.45) is 12.0. The second kappa shape index (κ2) is 6.61. The molecule has 1 amide bonds. The maximum atomic E-state index is 13.3. The van der Waals surface area contributed by atoms with Crippen molar-refractivity contribution in [2.24, 2.45) is 0 Å². The number of hydrogen-bond acceptors (Lipinski definition) is 4. The molecule has 1 atom stereocenters. The molecule has 0 aliphatic heterocycles. The summed E-state index contributed by atoms with van der Waals surface area (Å²) >= 11 is 0. The van der Waals surface area contributed by atoms with Crippen molar-refractivity contribution in [2.45, 2.75) is 44.2 Å². The fourth-order valence-corrected chi connectivity index (χ4v) is 4.00. The smallest absolute Gasteiger partial charge is 0.254 e. The molecule has 6 heteroatoms. The molecule has 2 aromatic heterocycles. The molecule has 1 N–H and O–H groups in total. The third kappa shape index (κ3) is 3.12. The van der Waals surface area contributed by atoms with Gasteiger partial charge in [0.25, 0.3) is 5.91 Å². The third-order valence-corrected chi connectivity index (χ3v) is 5.55. The summed E-state index contributed by atoms with van der Waals surface area (Å²) in [6, 6.07) is 8.38. The van der Waals surface area contributed by atoms with Gasteiger partial charge in [0.1, 0.15) is 0 Å². The number of hydrogen-bond donors (Lipinski definition) is 1. The highest BCUT2D eigenvalue weighted by Gasteiger charge is 2.39. The molecule has 0 spiro atoms. The van der Waals surface area contributed by atoms with Crippen LogP contribution in [0.3, 0.4) is 0 Å². The molecule has 0 radical (unpaired) electrons. The van der Waals surface area contributed by atoms with Crippen molar-refractivity contribution in [1.29, 1.82) is 0 Å². The first-order valence-corrected chi connectivity index (χ1v) is 9.50. The van der Waals surface area contributed by atoms with Crippen LogP contribution in [-0.2, 0) is 12.8 Å². The van der Waals surface area contributed by atoms with Gasteiger partial charge in [-0.25, -0.2) is 0 Å². The van der Waals surface area contributed by atoms with E-state index in [-0.39, 0.29) is 11.9 Å². The topological polar surface area (TPSA) is 74.8 Å². The number of aromatic amines is 1. The van der Waals surface area contributed by atoms with Gasteiger partial charge in [-0.15, -0.1) is 0 Å². The maximum Gasteiger partial charge on any atom is 0.254 e. The van der Waals surface area contributed by atoms with Gasteiger partial charge in [0.05, 0.1) is 18.1 Å². The third-order valence-electron chi connectivity index (χ3n) is 5.55. The lowest BCUT2D eigenvalue weighted by Gasteiger charge is -2.34. The summed E-state index contributed by atoms with van der Waals surface area (Å²) in [5, 5.41) is 7.24. The Balaban J connectivity index is 1.38. The average Bonchev–Trinajstić information content (AvgIpc) is 3.44. The molecule has 136 valence electrons. The number of nitrogens with zero attached hydrogens (tertiary/aromatic N) is 4. The average molecular weight is 359 g/mol. The Hall–Kier alpha value is -3.02. The monoisotopic (exact) mass is 359 g/mol. The number of nitrogens with one attached hydrogen (secondary N) is 1. The number of amides is 1. The zero-order valence-corrected chi connectivity index (χ0v) is 15.0. The zero-order valence-electron chi connectivity index (χ0n) is 15.0. The van der Waals surface area contributed by atoms with E-state index in [9.17, 15) is 4.79 Å². The van der Waals surface area contributed by atoms with Gasteiger partial charge in [-0.3, -0.25) is 19.9 Å². The lowest BCUT2D eigenvalue weighted by molar-refractivity contribution is 0.0643. The number of carbonyl (C=O) groups is 1. The van der Waals surface area contributed by atoms with Gasteiger partial charge in [-0.1, -0.05) is 12.1 Å². The van der Waals surface area contributed by atoms with Crippen molar-refractivity contribution in [2.75, 3.05) is 0 Å². The zero-order chi connectivity index (χ0) is 18.2. The highest BCUT2D eigenvalue weighted by molar-refractivity contribution is 5.95. The van der Waals surface area contributed by atoms with Crippen LogP contribution in [0.15, 0.2) is 49.1 Å². The van der Waals surface area contributed by atoms with Crippen molar-refractivity contribution >= 4 is 5.91 Å². The number of benzene rings is 1. The van der Waals surface area contributed by atoms with E-state index in [1.54, 1.807) is 18.6 Å². The van der Waals surface area contributed by atoms with Crippen LogP contribution in [0, 0.1) is 0 Å².